The molecule has 0 aromatic heterocycles. The Morgan fingerprint density at radius 2 is 2.07 bits per heavy atom. The maximum Gasteiger partial charge on any atom is 0.0170 e. The van der Waals surface area contributed by atoms with Gasteiger partial charge >= 0.3 is 0 Å². The highest BCUT2D eigenvalue weighted by Crippen LogP contribution is 2.40. The van der Waals surface area contributed by atoms with Gasteiger partial charge in [-0.3, -0.25) is 0 Å². The van der Waals surface area contributed by atoms with Crippen molar-refractivity contribution >= 4 is 23.4 Å². The van der Waals surface area contributed by atoms with Crippen molar-refractivity contribution in [2.24, 2.45) is 0 Å². The molecular weight excluding hydrogens is 188 g/mol. The van der Waals surface area contributed by atoms with Crippen molar-refractivity contribution in [1.29, 1.82) is 0 Å². The quantitative estimate of drug-likeness (QED) is 0.612. The van der Waals surface area contributed by atoms with Crippen LogP contribution in [0, 0.1) is 0 Å². The molecule has 1 heterocycles. The van der Waals surface area contributed by atoms with Crippen LogP contribution in [0.1, 0.15) is 11.1 Å². The minimum absolute atomic E-state index is 1.11. The van der Waals surface area contributed by atoms with Crippen molar-refractivity contribution in [3.8, 4) is 0 Å². The van der Waals surface area contributed by atoms with E-state index in [2.05, 4.69) is 48.6 Å². The standard InChI is InChI=1S/C13H10S/c1-2-6-11-10(4-1)5-3-7-13-12(11)8-9-14-13/h1-8H,9H2. The van der Waals surface area contributed by atoms with Gasteiger partial charge in [0, 0.05) is 10.7 Å². The molecule has 0 bridgehead atoms. The lowest BCUT2D eigenvalue weighted by Crippen LogP contribution is -1.85. The van der Waals surface area contributed by atoms with Gasteiger partial charge in [0.25, 0.3) is 0 Å². The lowest BCUT2D eigenvalue weighted by molar-refractivity contribution is 1.58. The molecule has 1 aromatic rings. The Balaban J connectivity index is 2.26. The number of allylic oxidation sites excluding steroid dienone is 3. The SMILES string of the molecule is C1=Cc2ccccc2C2=CCSC2=C1. The van der Waals surface area contributed by atoms with E-state index in [-0.39, 0.29) is 0 Å². The zero-order valence-corrected chi connectivity index (χ0v) is 8.55. The second kappa shape index (κ2) is 3.18. The summed E-state index contributed by atoms with van der Waals surface area (Å²) in [5.74, 6) is 1.11. The molecule has 0 fully saturated rings. The van der Waals surface area contributed by atoms with Gasteiger partial charge in [-0.05, 0) is 22.8 Å². The predicted molar refractivity (Wildman–Crippen MR) is 64.0 cm³/mol. The first kappa shape index (κ1) is 8.13. The fourth-order valence-corrected chi connectivity index (χ4v) is 2.85. The van der Waals surface area contributed by atoms with Crippen LogP contribution in [-0.2, 0) is 0 Å². The van der Waals surface area contributed by atoms with E-state index in [1.165, 1.54) is 21.6 Å². The van der Waals surface area contributed by atoms with Crippen LogP contribution in [0.25, 0.3) is 11.6 Å². The van der Waals surface area contributed by atoms with E-state index in [1.807, 2.05) is 11.8 Å². The van der Waals surface area contributed by atoms with Crippen LogP contribution >= 0.6 is 11.8 Å². The van der Waals surface area contributed by atoms with E-state index in [0.29, 0.717) is 0 Å². The topological polar surface area (TPSA) is 0 Å². The molecule has 1 aromatic carbocycles. The van der Waals surface area contributed by atoms with Crippen LogP contribution in [0.2, 0.25) is 0 Å². The first-order valence-electron chi connectivity index (χ1n) is 4.76. The summed E-state index contributed by atoms with van der Waals surface area (Å²) in [6.45, 7) is 0. The second-order valence-electron chi connectivity index (χ2n) is 3.41. The van der Waals surface area contributed by atoms with Gasteiger partial charge in [-0.1, -0.05) is 42.5 Å². The number of fused-ring (bicyclic) bond motifs is 3. The van der Waals surface area contributed by atoms with Gasteiger partial charge in [-0.15, -0.1) is 11.8 Å². The van der Waals surface area contributed by atoms with Crippen LogP contribution in [0.5, 0.6) is 0 Å². The van der Waals surface area contributed by atoms with Gasteiger partial charge in [0.1, 0.15) is 0 Å². The molecule has 0 radical (unpaired) electrons. The van der Waals surface area contributed by atoms with Gasteiger partial charge in [-0.2, -0.15) is 0 Å². The molecule has 0 amide bonds. The normalized spacial score (nSPS) is 18.0. The van der Waals surface area contributed by atoms with Gasteiger partial charge in [0.05, 0.1) is 0 Å². The summed E-state index contributed by atoms with van der Waals surface area (Å²) in [7, 11) is 0. The number of hydrogen-bond donors (Lipinski definition) is 0. The third-order valence-corrected chi connectivity index (χ3v) is 3.57. The molecular formula is C13H10S. The van der Waals surface area contributed by atoms with E-state index in [1.54, 1.807) is 0 Å². The number of hydrogen-bond acceptors (Lipinski definition) is 1. The third kappa shape index (κ3) is 1.17. The molecule has 0 atom stereocenters. The summed E-state index contributed by atoms with van der Waals surface area (Å²) in [5.41, 5.74) is 4.11. The fraction of sp³-hybridized carbons (Fsp3) is 0.0769. The summed E-state index contributed by atoms with van der Waals surface area (Å²) in [6, 6.07) is 8.58. The lowest BCUT2D eigenvalue weighted by atomic mass is 10.0. The second-order valence-corrected chi connectivity index (χ2v) is 4.47. The summed E-state index contributed by atoms with van der Waals surface area (Å²) in [4.78, 5) is 1.41. The molecule has 0 unspecified atom stereocenters. The van der Waals surface area contributed by atoms with Crippen molar-refractivity contribution in [2.45, 2.75) is 0 Å². The molecule has 1 aliphatic heterocycles. The minimum Gasteiger partial charge on any atom is -0.121 e. The molecule has 3 rings (SSSR count). The van der Waals surface area contributed by atoms with Crippen molar-refractivity contribution < 1.29 is 0 Å². The van der Waals surface area contributed by atoms with E-state index in [4.69, 9.17) is 0 Å². The first-order valence-corrected chi connectivity index (χ1v) is 5.75. The Morgan fingerprint density at radius 3 is 3.07 bits per heavy atom. The summed E-state index contributed by atoms with van der Waals surface area (Å²) in [5, 5.41) is 0. The molecule has 14 heavy (non-hydrogen) atoms. The van der Waals surface area contributed by atoms with E-state index >= 15 is 0 Å². The third-order valence-electron chi connectivity index (χ3n) is 2.57. The molecule has 0 saturated heterocycles. The fourth-order valence-electron chi connectivity index (χ4n) is 1.90. The van der Waals surface area contributed by atoms with E-state index < -0.39 is 0 Å². The van der Waals surface area contributed by atoms with Crippen molar-refractivity contribution in [1.82, 2.24) is 0 Å². The smallest absolute Gasteiger partial charge is 0.0170 e. The first-order chi connectivity index (χ1) is 6.95. The molecule has 68 valence electrons. The predicted octanol–water partition coefficient (Wildman–Crippen LogP) is 3.73. The van der Waals surface area contributed by atoms with Crippen LogP contribution < -0.4 is 0 Å². The lowest BCUT2D eigenvalue weighted by Gasteiger charge is -2.06. The van der Waals surface area contributed by atoms with Crippen molar-refractivity contribution in [3.63, 3.8) is 0 Å². The Labute approximate surface area is 88.0 Å². The van der Waals surface area contributed by atoms with Gasteiger partial charge in [0.15, 0.2) is 0 Å². The van der Waals surface area contributed by atoms with Gasteiger partial charge < -0.3 is 0 Å². The van der Waals surface area contributed by atoms with Crippen molar-refractivity contribution in [2.75, 3.05) is 5.75 Å². The van der Waals surface area contributed by atoms with Gasteiger partial charge in [-0.25, -0.2) is 0 Å². The summed E-state index contributed by atoms with van der Waals surface area (Å²) < 4.78 is 0. The van der Waals surface area contributed by atoms with Crippen LogP contribution in [-0.4, -0.2) is 5.75 Å². The van der Waals surface area contributed by atoms with E-state index in [0.717, 1.165) is 5.75 Å². The zero-order chi connectivity index (χ0) is 9.38. The molecule has 1 aliphatic carbocycles. The number of rotatable bonds is 0. The number of benzene rings is 1. The summed E-state index contributed by atoms with van der Waals surface area (Å²) >= 11 is 1.92. The highest BCUT2D eigenvalue weighted by atomic mass is 32.2. The Morgan fingerprint density at radius 1 is 1.14 bits per heavy atom. The maximum absolute atomic E-state index is 2.32. The largest absolute Gasteiger partial charge is 0.121 e. The Kier molecular flexibility index (Phi) is 1.84. The van der Waals surface area contributed by atoms with Crippen molar-refractivity contribution in [3.05, 3.63) is 58.5 Å². The van der Waals surface area contributed by atoms with Gasteiger partial charge in [0.2, 0.25) is 0 Å². The molecule has 0 saturated carbocycles. The van der Waals surface area contributed by atoms with Crippen LogP contribution in [0.4, 0.5) is 0 Å². The molecule has 1 heteroatoms. The highest BCUT2D eigenvalue weighted by molar-refractivity contribution is 8.04. The Bertz CT molecular complexity index is 464. The van der Waals surface area contributed by atoms with E-state index in [9.17, 15) is 0 Å². The van der Waals surface area contributed by atoms with Crippen LogP contribution in [0.15, 0.2) is 47.4 Å². The summed E-state index contributed by atoms with van der Waals surface area (Å²) in [6.07, 6.45) is 8.86. The Hall–Kier alpha value is -1.21. The molecule has 0 nitrogen and oxygen atoms in total. The minimum atomic E-state index is 1.11. The molecule has 0 N–H and O–H groups in total. The average molecular weight is 198 g/mol. The molecule has 0 spiro atoms. The molecule has 2 aliphatic rings. The average Bonchev–Trinajstić information content (AvgIpc) is 2.61. The zero-order valence-electron chi connectivity index (χ0n) is 7.73. The number of thioether (sulfide) groups is 1. The monoisotopic (exact) mass is 198 g/mol. The van der Waals surface area contributed by atoms with Crippen LogP contribution in [0.3, 0.4) is 0 Å². The maximum atomic E-state index is 2.32. The highest BCUT2D eigenvalue weighted by Gasteiger charge is 2.16.